The Kier molecular flexibility index (Phi) is 5.02. The molecule has 0 aliphatic heterocycles. The van der Waals surface area contributed by atoms with Crippen LogP contribution < -0.4 is 4.90 Å². The van der Waals surface area contributed by atoms with Crippen molar-refractivity contribution in [2.24, 2.45) is 5.92 Å². The molecular formula is C11H18BrN3. The number of halogens is 1. The van der Waals surface area contributed by atoms with Crippen molar-refractivity contribution < 1.29 is 0 Å². The van der Waals surface area contributed by atoms with Gasteiger partial charge in [-0.15, -0.1) is 0 Å². The smallest absolute Gasteiger partial charge is 0.224 e. The van der Waals surface area contributed by atoms with Crippen molar-refractivity contribution in [2.75, 3.05) is 18.5 Å². The van der Waals surface area contributed by atoms with Crippen LogP contribution in [-0.2, 0) is 5.33 Å². The molecule has 3 nitrogen and oxygen atoms in total. The van der Waals surface area contributed by atoms with Crippen LogP contribution in [0, 0.1) is 5.92 Å². The fourth-order valence-corrected chi connectivity index (χ4v) is 1.46. The third kappa shape index (κ3) is 4.16. The lowest BCUT2D eigenvalue weighted by atomic mass is 10.1. The summed E-state index contributed by atoms with van der Waals surface area (Å²) in [5.74, 6) is 1.52. The maximum absolute atomic E-state index is 4.31. The molecule has 84 valence electrons. The first kappa shape index (κ1) is 12.4. The normalized spacial score (nSPS) is 10.7. The first-order chi connectivity index (χ1) is 7.13. The van der Waals surface area contributed by atoms with Crippen molar-refractivity contribution in [3.8, 4) is 0 Å². The number of alkyl halides is 1. The SMILES string of the molecule is CC(C)CCN(C)c1ncc(CBr)cn1. The summed E-state index contributed by atoms with van der Waals surface area (Å²) < 4.78 is 0. The molecular weight excluding hydrogens is 254 g/mol. The topological polar surface area (TPSA) is 29.0 Å². The van der Waals surface area contributed by atoms with Crippen molar-refractivity contribution in [1.82, 2.24) is 9.97 Å². The van der Waals surface area contributed by atoms with Crippen molar-refractivity contribution in [3.05, 3.63) is 18.0 Å². The predicted octanol–water partition coefficient (Wildman–Crippen LogP) is 2.85. The Morgan fingerprint density at radius 3 is 2.40 bits per heavy atom. The standard InChI is InChI=1S/C11H18BrN3/c1-9(2)4-5-15(3)11-13-7-10(6-12)8-14-11/h7-9H,4-6H2,1-3H3. The molecule has 4 heteroatoms. The molecule has 1 aromatic heterocycles. The fourth-order valence-electron chi connectivity index (χ4n) is 1.17. The molecule has 1 rings (SSSR count). The quantitative estimate of drug-likeness (QED) is 0.772. The molecule has 0 saturated heterocycles. The van der Waals surface area contributed by atoms with E-state index in [2.05, 4.69) is 44.6 Å². The van der Waals surface area contributed by atoms with Gasteiger partial charge in [-0.1, -0.05) is 29.8 Å². The van der Waals surface area contributed by atoms with Crippen LogP contribution in [0.1, 0.15) is 25.8 Å². The molecule has 1 heterocycles. The van der Waals surface area contributed by atoms with E-state index in [1.807, 2.05) is 19.4 Å². The Balaban J connectivity index is 2.54. The molecule has 0 bridgehead atoms. The maximum atomic E-state index is 4.31. The molecule has 0 unspecified atom stereocenters. The second-order valence-electron chi connectivity index (χ2n) is 4.13. The highest BCUT2D eigenvalue weighted by Crippen LogP contribution is 2.09. The van der Waals surface area contributed by atoms with Gasteiger partial charge in [0.25, 0.3) is 0 Å². The van der Waals surface area contributed by atoms with Gasteiger partial charge in [-0.3, -0.25) is 0 Å². The molecule has 1 aromatic rings. The Morgan fingerprint density at radius 1 is 1.33 bits per heavy atom. The van der Waals surface area contributed by atoms with E-state index in [-0.39, 0.29) is 0 Å². The lowest BCUT2D eigenvalue weighted by Gasteiger charge is -2.17. The van der Waals surface area contributed by atoms with E-state index in [1.54, 1.807) is 0 Å². The lowest BCUT2D eigenvalue weighted by Crippen LogP contribution is -2.22. The molecule has 0 aliphatic rings. The molecule has 0 spiro atoms. The van der Waals surface area contributed by atoms with Crippen molar-refractivity contribution in [2.45, 2.75) is 25.6 Å². The second-order valence-corrected chi connectivity index (χ2v) is 4.69. The molecule has 0 atom stereocenters. The first-order valence-electron chi connectivity index (χ1n) is 5.21. The summed E-state index contributed by atoms with van der Waals surface area (Å²) in [6, 6.07) is 0. The van der Waals surface area contributed by atoms with Gasteiger partial charge in [0.1, 0.15) is 0 Å². The summed E-state index contributed by atoms with van der Waals surface area (Å²) >= 11 is 3.38. The van der Waals surface area contributed by atoms with Gasteiger partial charge in [0.05, 0.1) is 0 Å². The van der Waals surface area contributed by atoms with Gasteiger partial charge in [0.15, 0.2) is 0 Å². The number of rotatable bonds is 5. The highest BCUT2D eigenvalue weighted by atomic mass is 79.9. The summed E-state index contributed by atoms with van der Waals surface area (Å²) in [6.07, 6.45) is 4.89. The summed E-state index contributed by atoms with van der Waals surface area (Å²) in [4.78, 5) is 10.7. The van der Waals surface area contributed by atoms with Crippen molar-refractivity contribution in [3.63, 3.8) is 0 Å². The minimum Gasteiger partial charge on any atom is -0.344 e. The number of anilines is 1. The fraction of sp³-hybridized carbons (Fsp3) is 0.636. The number of hydrogen-bond donors (Lipinski definition) is 0. The third-order valence-corrected chi connectivity index (χ3v) is 2.88. The zero-order valence-electron chi connectivity index (χ0n) is 9.57. The molecule has 0 aromatic carbocycles. The van der Waals surface area contributed by atoms with E-state index < -0.39 is 0 Å². The largest absolute Gasteiger partial charge is 0.344 e. The zero-order chi connectivity index (χ0) is 11.3. The Labute approximate surface area is 100 Å². The van der Waals surface area contributed by atoms with Crippen LogP contribution in [-0.4, -0.2) is 23.6 Å². The van der Waals surface area contributed by atoms with E-state index in [1.165, 1.54) is 6.42 Å². The van der Waals surface area contributed by atoms with E-state index in [0.29, 0.717) is 5.92 Å². The highest BCUT2D eigenvalue weighted by molar-refractivity contribution is 9.08. The van der Waals surface area contributed by atoms with Crippen molar-refractivity contribution >= 4 is 21.9 Å². The van der Waals surface area contributed by atoms with Crippen LogP contribution in [0.3, 0.4) is 0 Å². The molecule has 0 aliphatic carbocycles. The maximum Gasteiger partial charge on any atom is 0.224 e. The third-order valence-electron chi connectivity index (χ3n) is 2.23. The molecule has 0 N–H and O–H groups in total. The average Bonchev–Trinajstić information content (AvgIpc) is 2.26. The van der Waals surface area contributed by atoms with Crippen LogP contribution in [0.25, 0.3) is 0 Å². The van der Waals surface area contributed by atoms with E-state index in [4.69, 9.17) is 0 Å². The molecule has 0 amide bonds. The van der Waals surface area contributed by atoms with Gasteiger partial charge < -0.3 is 4.90 Å². The number of nitrogens with zero attached hydrogens (tertiary/aromatic N) is 3. The monoisotopic (exact) mass is 271 g/mol. The number of aromatic nitrogens is 2. The summed E-state index contributed by atoms with van der Waals surface area (Å²) in [7, 11) is 2.03. The predicted molar refractivity (Wildman–Crippen MR) is 67.4 cm³/mol. The van der Waals surface area contributed by atoms with Crippen LogP contribution in [0.5, 0.6) is 0 Å². The van der Waals surface area contributed by atoms with E-state index in [0.717, 1.165) is 23.4 Å². The minimum atomic E-state index is 0.717. The summed E-state index contributed by atoms with van der Waals surface area (Å²) in [5, 5.41) is 0.809. The molecule has 0 fully saturated rings. The second kappa shape index (κ2) is 6.05. The van der Waals surface area contributed by atoms with Gasteiger partial charge in [-0.2, -0.15) is 0 Å². The van der Waals surface area contributed by atoms with Gasteiger partial charge in [0.2, 0.25) is 5.95 Å². The van der Waals surface area contributed by atoms with Gasteiger partial charge in [-0.25, -0.2) is 9.97 Å². The van der Waals surface area contributed by atoms with Crippen LogP contribution in [0.2, 0.25) is 0 Å². The first-order valence-corrected chi connectivity index (χ1v) is 6.33. The zero-order valence-corrected chi connectivity index (χ0v) is 11.2. The molecule has 0 saturated carbocycles. The van der Waals surface area contributed by atoms with Crippen LogP contribution in [0.4, 0.5) is 5.95 Å². The highest BCUT2D eigenvalue weighted by Gasteiger charge is 2.04. The minimum absolute atomic E-state index is 0.717. The van der Waals surface area contributed by atoms with Gasteiger partial charge in [-0.05, 0) is 17.9 Å². The van der Waals surface area contributed by atoms with Crippen molar-refractivity contribution in [1.29, 1.82) is 0 Å². The Morgan fingerprint density at radius 2 is 1.93 bits per heavy atom. The molecule has 0 radical (unpaired) electrons. The van der Waals surface area contributed by atoms with E-state index >= 15 is 0 Å². The lowest BCUT2D eigenvalue weighted by molar-refractivity contribution is 0.581. The average molecular weight is 272 g/mol. The van der Waals surface area contributed by atoms with Gasteiger partial charge in [0, 0.05) is 31.3 Å². The van der Waals surface area contributed by atoms with Crippen LogP contribution >= 0.6 is 15.9 Å². The number of hydrogen-bond acceptors (Lipinski definition) is 3. The Hall–Kier alpha value is -0.640. The Bertz CT molecular complexity index is 284. The van der Waals surface area contributed by atoms with Crippen LogP contribution in [0.15, 0.2) is 12.4 Å². The van der Waals surface area contributed by atoms with E-state index in [9.17, 15) is 0 Å². The summed E-state index contributed by atoms with van der Waals surface area (Å²) in [5.41, 5.74) is 1.11. The summed E-state index contributed by atoms with van der Waals surface area (Å²) in [6.45, 7) is 5.45. The molecule has 15 heavy (non-hydrogen) atoms. The van der Waals surface area contributed by atoms with Gasteiger partial charge >= 0.3 is 0 Å².